The molecule has 1 aromatic heterocycles. The number of pyridine rings is 1. The van der Waals surface area contributed by atoms with Crippen molar-refractivity contribution in [1.82, 2.24) is 4.98 Å². The van der Waals surface area contributed by atoms with Crippen LogP contribution in [0.15, 0.2) is 66.7 Å². The molecule has 4 aromatic rings. The van der Waals surface area contributed by atoms with Crippen molar-refractivity contribution in [2.24, 2.45) is 5.73 Å². The first-order valence-electron chi connectivity index (χ1n) is 14.3. The van der Waals surface area contributed by atoms with Gasteiger partial charge in [0.05, 0.1) is 25.3 Å². The summed E-state index contributed by atoms with van der Waals surface area (Å²) in [4.78, 5) is 17.2. The molecule has 0 spiro atoms. The molecule has 6 heteroatoms. The second-order valence-corrected chi connectivity index (χ2v) is 11.2. The molecule has 1 atom stereocenters. The molecule has 0 radical (unpaired) electrons. The Hall–Kier alpha value is -3.90. The number of nitrogens with zero attached hydrogens (tertiary/aromatic N) is 2. The zero-order valence-electron chi connectivity index (χ0n) is 24.5. The van der Waals surface area contributed by atoms with Crippen LogP contribution >= 0.6 is 0 Å². The van der Waals surface area contributed by atoms with E-state index in [2.05, 4.69) is 58.3 Å². The van der Waals surface area contributed by atoms with Crippen LogP contribution in [0.5, 0.6) is 5.88 Å². The van der Waals surface area contributed by atoms with E-state index in [1.165, 1.54) is 0 Å². The number of amides is 1. The Balaban J connectivity index is 1.66. The van der Waals surface area contributed by atoms with Crippen molar-refractivity contribution in [2.75, 3.05) is 33.0 Å². The predicted octanol–water partition coefficient (Wildman–Crippen LogP) is 6.84. The lowest BCUT2D eigenvalue weighted by atomic mass is 9.86. The first-order chi connectivity index (χ1) is 19.2. The highest BCUT2D eigenvalue weighted by atomic mass is 16.5. The van der Waals surface area contributed by atoms with Crippen molar-refractivity contribution < 1.29 is 14.0 Å². The van der Waals surface area contributed by atoms with Gasteiger partial charge in [0.1, 0.15) is 19.2 Å². The van der Waals surface area contributed by atoms with Crippen LogP contribution in [-0.2, 0) is 6.42 Å². The van der Waals surface area contributed by atoms with Crippen LogP contribution in [-0.4, -0.2) is 42.6 Å². The number of nitrogens with two attached hydrogens (primary N) is 2. The fourth-order valence-electron chi connectivity index (χ4n) is 5.83. The lowest BCUT2D eigenvalue weighted by Crippen LogP contribution is -2.46. The van der Waals surface area contributed by atoms with Gasteiger partial charge in [-0.3, -0.25) is 4.79 Å². The summed E-state index contributed by atoms with van der Waals surface area (Å²) < 4.78 is 7.09. The summed E-state index contributed by atoms with van der Waals surface area (Å²) in [6, 6.07) is 22.7. The van der Waals surface area contributed by atoms with Crippen molar-refractivity contribution in [3.63, 3.8) is 0 Å². The zero-order chi connectivity index (χ0) is 28.9. The third-order valence-electron chi connectivity index (χ3n) is 7.94. The number of carbonyl (C=O) groups excluding carboxylic acids is 1. The second kappa shape index (κ2) is 12.5. The molecule has 0 unspecified atom stereocenters. The van der Waals surface area contributed by atoms with Gasteiger partial charge in [0.2, 0.25) is 5.88 Å². The van der Waals surface area contributed by atoms with Crippen molar-refractivity contribution in [3.8, 4) is 17.0 Å². The summed E-state index contributed by atoms with van der Waals surface area (Å²) in [7, 11) is 4.45. The molecule has 0 aliphatic heterocycles. The van der Waals surface area contributed by atoms with E-state index in [9.17, 15) is 4.79 Å². The van der Waals surface area contributed by atoms with E-state index in [0.717, 1.165) is 70.9 Å². The van der Waals surface area contributed by atoms with E-state index in [4.69, 9.17) is 21.2 Å². The maximum absolute atomic E-state index is 12.3. The highest BCUT2D eigenvalue weighted by Gasteiger charge is 2.33. The summed E-state index contributed by atoms with van der Waals surface area (Å²) in [5.74, 6) is 0.197. The monoisotopic (exact) mass is 539 g/mol. The Bertz CT molecular complexity index is 1480. The largest absolute Gasteiger partial charge is 0.471 e. The second-order valence-electron chi connectivity index (χ2n) is 11.2. The molecule has 0 aliphatic rings. The van der Waals surface area contributed by atoms with Gasteiger partial charge >= 0.3 is 0 Å². The van der Waals surface area contributed by atoms with Crippen LogP contribution in [0.3, 0.4) is 0 Å². The number of hydrogen-bond acceptors (Lipinski definition) is 4. The van der Waals surface area contributed by atoms with Gasteiger partial charge in [0.15, 0.2) is 0 Å². The summed E-state index contributed by atoms with van der Waals surface area (Å²) in [5.41, 5.74) is 18.1. The van der Waals surface area contributed by atoms with Crippen LogP contribution in [0, 0.1) is 6.92 Å². The average Bonchev–Trinajstić information content (AvgIpc) is 2.92. The third-order valence-corrected chi connectivity index (χ3v) is 7.94. The fourth-order valence-corrected chi connectivity index (χ4v) is 5.83. The number of benzene rings is 3. The van der Waals surface area contributed by atoms with Gasteiger partial charge in [0.25, 0.3) is 5.91 Å². The molecule has 6 nitrogen and oxygen atoms in total. The molecule has 40 heavy (non-hydrogen) atoms. The smallest absolute Gasteiger partial charge is 0.251 e. The van der Waals surface area contributed by atoms with Gasteiger partial charge < -0.3 is 20.7 Å². The summed E-state index contributed by atoms with van der Waals surface area (Å²) >= 11 is 0. The molecule has 0 aliphatic carbocycles. The Kier molecular flexibility index (Phi) is 9.10. The molecule has 0 fully saturated rings. The first kappa shape index (κ1) is 29.1. The van der Waals surface area contributed by atoms with Crippen LogP contribution in [0.4, 0.5) is 5.69 Å². The van der Waals surface area contributed by atoms with Gasteiger partial charge in [-0.25, -0.2) is 4.98 Å². The molecular weight excluding hydrogens is 496 g/mol. The number of nitrogen functional groups attached to an aromatic ring is 1. The van der Waals surface area contributed by atoms with Gasteiger partial charge in [-0.15, -0.1) is 0 Å². The minimum Gasteiger partial charge on any atom is -0.471 e. The zero-order valence-corrected chi connectivity index (χ0v) is 24.5. The number of anilines is 1. The number of unbranched alkanes of at least 4 members (excludes halogenated alkanes) is 1. The number of ether oxygens (including phenoxy) is 1. The number of aromatic nitrogens is 1. The SMILES string of the molecule is CCCCc1cc2ccccc2c(OCC[N+](C)(C)[C@@H](CC)c2cc(C)c(C(N)=O)c(N)c2-c2ccccc2)n1. The average molecular weight is 540 g/mol. The number of aryl methyl sites for hydroxylation is 2. The standard InChI is InChI=1S/C34H42N4O2/c1-6-8-17-26-22-25-16-12-13-18-27(25)34(37-26)40-20-19-38(4,5)29(7-2)28-21-23(3)30(33(36)39)32(35)31(28)24-14-10-9-11-15-24/h9-16,18,21-22,29H,6-8,17,19-20H2,1-5H3,(H3-,35,36,39)/p+1/t29-/m0/s1. The van der Waals surface area contributed by atoms with E-state index in [1.54, 1.807) is 0 Å². The lowest BCUT2D eigenvalue weighted by molar-refractivity contribution is -0.921. The summed E-state index contributed by atoms with van der Waals surface area (Å²) in [5, 5.41) is 2.20. The highest BCUT2D eigenvalue weighted by Crippen LogP contribution is 2.41. The van der Waals surface area contributed by atoms with Gasteiger partial charge in [-0.2, -0.15) is 0 Å². The first-order valence-corrected chi connectivity index (χ1v) is 14.3. The Morgan fingerprint density at radius 3 is 2.40 bits per heavy atom. The van der Waals surface area contributed by atoms with E-state index in [-0.39, 0.29) is 6.04 Å². The number of quaternary nitrogens is 1. The number of primary amides is 1. The molecule has 0 bridgehead atoms. The summed E-state index contributed by atoms with van der Waals surface area (Å²) in [6.45, 7) is 7.58. The Labute approximate surface area is 238 Å². The van der Waals surface area contributed by atoms with Gasteiger partial charge in [-0.1, -0.05) is 68.8 Å². The number of rotatable bonds is 12. The number of carbonyl (C=O) groups is 1. The maximum Gasteiger partial charge on any atom is 0.251 e. The molecular formula is C34H43N4O2+. The van der Waals surface area contributed by atoms with Gasteiger partial charge in [-0.05, 0) is 54.5 Å². The van der Waals surface area contributed by atoms with Crippen LogP contribution in [0.1, 0.15) is 66.3 Å². The molecule has 4 rings (SSSR count). The topological polar surface area (TPSA) is 91.2 Å². The van der Waals surface area contributed by atoms with Crippen molar-refractivity contribution in [1.29, 1.82) is 0 Å². The van der Waals surface area contributed by atoms with E-state index in [0.29, 0.717) is 28.2 Å². The van der Waals surface area contributed by atoms with Gasteiger partial charge in [0, 0.05) is 28.6 Å². The summed E-state index contributed by atoms with van der Waals surface area (Å²) in [6.07, 6.45) is 4.06. The maximum atomic E-state index is 12.3. The minimum atomic E-state index is -0.505. The predicted molar refractivity (Wildman–Crippen MR) is 165 cm³/mol. The minimum absolute atomic E-state index is 0.113. The number of likely N-dealkylation sites (N-methyl/N-ethyl adjacent to an activating group) is 1. The van der Waals surface area contributed by atoms with E-state index in [1.807, 2.05) is 43.3 Å². The van der Waals surface area contributed by atoms with Crippen molar-refractivity contribution in [2.45, 2.75) is 52.5 Å². The quantitative estimate of drug-likeness (QED) is 0.152. The van der Waals surface area contributed by atoms with Crippen molar-refractivity contribution >= 4 is 22.4 Å². The molecule has 0 saturated heterocycles. The van der Waals surface area contributed by atoms with E-state index < -0.39 is 5.91 Å². The Morgan fingerprint density at radius 2 is 1.73 bits per heavy atom. The third kappa shape index (κ3) is 6.13. The Morgan fingerprint density at radius 1 is 1.02 bits per heavy atom. The fraction of sp³-hybridized carbons (Fsp3) is 0.353. The molecule has 3 aromatic carbocycles. The molecule has 1 heterocycles. The molecule has 210 valence electrons. The highest BCUT2D eigenvalue weighted by molar-refractivity contribution is 6.03. The number of hydrogen-bond donors (Lipinski definition) is 2. The van der Waals surface area contributed by atoms with E-state index >= 15 is 0 Å². The molecule has 4 N–H and O–H groups in total. The number of fused-ring (bicyclic) bond motifs is 1. The lowest BCUT2D eigenvalue weighted by Gasteiger charge is -2.39. The van der Waals surface area contributed by atoms with Crippen LogP contribution in [0.25, 0.3) is 21.9 Å². The molecule has 0 saturated carbocycles. The van der Waals surface area contributed by atoms with Crippen LogP contribution in [0.2, 0.25) is 0 Å². The van der Waals surface area contributed by atoms with Crippen LogP contribution < -0.4 is 16.2 Å². The van der Waals surface area contributed by atoms with Crippen molar-refractivity contribution in [3.05, 3.63) is 89.1 Å². The normalized spacial score (nSPS) is 12.4. The molecule has 1 amide bonds.